The molecule has 20 heavy (non-hydrogen) atoms. The van der Waals surface area contributed by atoms with Gasteiger partial charge in [0.2, 0.25) is 0 Å². The minimum Gasteiger partial charge on any atom is -0.382 e. The highest BCUT2D eigenvalue weighted by atomic mass is 16.6. The van der Waals surface area contributed by atoms with Crippen molar-refractivity contribution >= 4 is 0 Å². The third-order valence-corrected chi connectivity index (χ3v) is 3.60. The second kappa shape index (κ2) is 12.5. The Morgan fingerprint density at radius 3 is 1.85 bits per heavy atom. The van der Waals surface area contributed by atoms with Gasteiger partial charge < -0.3 is 23.8 Å². The molecule has 0 aromatic carbocycles. The summed E-state index contributed by atoms with van der Waals surface area (Å²) in [7, 11) is 1.67. The Hall–Kier alpha value is -0.200. The maximum Gasteiger partial charge on any atom is 0.0701 e. The summed E-state index contributed by atoms with van der Waals surface area (Å²) in [5.74, 6) is 0.895. The Bertz CT molecular complexity index is 208. The lowest BCUT2D eigenvalue weighted by Gasteiger charge is -2.29. The Kier molecular flexibility index (Phi) is 11.2. The normalized spacial score (nSPS) is 17.7. The third kappa shape index (κ3) is 9.66. The van der Waals surface area contributed by atoms with Crippen molar-refractivity contribution in [3.8, 4) is 0 Å². The number of nitrogens with zero attached hydrogens (tertiary/aromatic N) is 1. The minimum atomic E-state index is 0.620. The van der Waals surface area contributed by atoms with Gasteiger partial charge in [-0.05, 0) is 31.8 Å². The maximum absolute atomic E-state index is 5.58. The van der Waals surface area contributed by atoms with Crippen molar-refractivity contribution in [2.75, 3.05) is 73.0 Å². The van der Waals surface area contributed by atoms with E-state index in [1.54, 1.807) is 7.11 Å². The number of ether oxygens (including phenoxy) is 4. The lowest BCUT2D eigenvalue weighted by Crippen LogP contribution is -2.35. The predicted octanol–water partition coefficient (Wildman–Crippen LogP) is 1.41. The van der Waals surface area contributed by atoms with Gasteiger partial charge in [0.25, 0.3) is 0 Å². The van der Waals surface area contributed by atoms with Crippen LogP contribution in [0.2, 0.25) is 0 Å². The molecule has 1 aliphatic rings. The second-order valence-corrected chi connectivity index (χ2v) is 5.35. The van der Waals surface area contributed by atoms with Crippen molar-refractivity contribution in [2.24, 2.45) is 5.92 Å². The average Bonchev–Trinajstić information content (AvgIpc) is 2.47. The maximum atomic E-state index is 5.58. The van der Waals surface area contributed by atoms with Crippen LogP contribution in [0.3, 0.4) is 0 Å². The quantitative estimate of drug-likeness (QED) is 0.508. The molecule has 0 aliphatic carbocycles. The van der Waals surface area contributed by atoms with Gasteiger partial charge in [-0.1, -0.05) is 6.92 Å². The molecule has 1 saturated heterocycles. The van der Waals surface area contributed by atoms with Crippen LogP contribution in [0.15, 0.2) is 0 Å². The van der Waals surface area contributed by atoms with Crippen molar-refractivity contribution in [2.45, 2.75) is 19.8 Å². The average molecular weight is 289 g/mol. The summed E-state index contributed by atoms with van der Waals surface area (Å²) in [6, 6.07) is 0. The van der Waals surface area contributed by atoms with Crippen molar-refractivity contribution in [1.29, 1.82) is 0 Å². The molecule has 0 atom stereocenters. The van der Waals surface area contributed by atoms with E-state index in [0.717, 1.165) is 19.1 Å². The van der Waals surface area contributed by atoms with Gasteiger partial charge >= 0.3 is 0 Å². The van der Waals surface area contributed by atoms with Crippen molar-refractivity contribution in [3.63, 3.8) is 0 Å². The zero-order valence-electron chi connectivity index (χ0n) is 13.1. The third-order valence-electron chi connectivity index (χ3n) is 3.60. The van der Waals surface area contributed by atoms with E-state index in [-0.39, 0.29) is 0 Å². The fraction of sp³-hybridized carbons (Fsp3) is 1.00. The summed E-state index contributed by atoms with van der Waals surface area (Å²) in [5.41, 5.74) is 0. The number of hydrogen-bond donors (Lipinski definition) is 0. The van der Waals surface area contributed by atoms with E-state index < -0.39 is 0 Å². The fourth-order valence-corrected chi connectivity index (χ4v) is 2.16. The van der Waals surface area contributed by atoms with Gasteiger partial charge in [0.05, 0.1) is 46.2 Å². The van der Waals surface area contributed by atoms with E-state index in [9.17, 15) is 0 Å². The number of rotatable bonds is 12. The molecule has 1 fully saturated rings. The first-order chi connectivity index (χ1) is 9.83. The van der Waals surface area contributed by atoms with E-state index in [1.807, 2.05) is 0 Å². The molecule has 0 radical (unpaired) electrons. The van der Waals surface area contributed by atoms with Crippen LogP contribution in [0.4, 0.5) is 0 Å². The topological polar surface area (TPSA) is 40.2 Å². The SMILES string of the molecule is COCCOCCOCCOCCN1CCC(C)CC1. The summed E-state index contributed by atoms with van der Waals surface area (Å²) in [6.07, 6.45) is 2.65. The Morgan fingerprint density at radius 1 is 0.800 bits per heavy atom. The van der Waals surface area contributed by atoms with Gasteiger partial charge in [-0.25, -0.2) is 0 Å². The van der Waals surface area contributed by atoms with Crippen molar-refractivity contribution < 1.29 is 18.9 Å². The molecular weight excluding hydrogens is 258 g/mol. The number of likely N-dealkylation sites (tertiary alicyclic amines) is 1. The van der Waals surface area contributed by atoms with Crippen LogP contribution in [0.1, 0.15) is 19.8 Å². The van der Waals surface area contributed by atoms with E-state index >= 15 is 0 Å². The van der Waals surface area contributed by atoms with Gasteiger partial charge in [0.15, 0.2) is 0 Å². The Labute approximate surface area is 123 Å². The first-order valence-electron chi connectivity index (χ1n) is 7.77. The van der Waals surface area contributed by atoms with Gasteiger partial charge in [0, 0.05) is 13.7 Å². The highest BCUT2D eigenvalue weighted by Crippen LogP contribution is 2.15. The fourth-order valence-electron chi connectivity index (χ4n) is 2.16. The molecule has 0 aromatic rings. The van der Waals surface area contributed by atoms with Crippen molar-refractivity contribution in [3.05, 3.63) is 0 Å². The van der Waals surface area contributed by atoms with E-state index in [2.05, 4.69) is 11.8 Å². The largest absolute Gasteiger partial charge is 0.382 e. The molecule has 0 aromatic heterocycles. The van der Waals surface area contributed by atoms with Crippen LogP contribution in [0, 0.1) is 5.92 Å². The molecule has 5 heteroatoms. The molecule has 120 valence electrons. The Morgan fingerprint density at radius 2 is 1.30 bits per heavy atom. The summed E-state index contributed by atoms with van der Waals surface area (Å²) in [5, 5.41) is 0. The standard InChI is InChI=1S/C15H31NO4/c1-15-3-5-16(6-4-15)7-8-18-11-12-20-14-13-19-10-9-17-2/h15H,3-14H2,1-2H3. The molecule has 1 aliphatic heterocycles. The van der Waals surface area contributed by atoms with E-state index in [1.165, 1.54) is 25.9 Å². The van der Waals surface area contributed by atoms with Crippen LogP contribution < -0.4 is 0 Å². The minimum absolute atomic E-state index is 0.620. The van der Waals surface area contributed by atoms with Gasteiger partial charge in [-0.3, -0.25) is 0 Å². The lowest BCUT2D eigenvalue weighted by atomic mass is 9.99. The lowest BCUT2D eigenvalue weighted by molar-refractivity contribution is 0.000104. The number of hydrogen-bond acceptors (Lipinski definition) is 5. The molecule has 0 bridgehead atoms. The smallest absolute Gasteiger partial charge is 0.0701 e. The van der Waals surface area contributed by atoms with Crippen LogP contribution in [0.5, 0.6) is 0 Å². The predicted molar refractivity (Wildman–Crippen MR) is 79.2 cm³/mol. The van der Waals surface area contributed by atoms with Gasteiger partial charge in [-0.2, -0.15) is 0 Å². The first kappa shape index (κ1) is 17.9. The molecular formula is C15H31NO4. The van der Waals surface area contributed by atoms with Gasteiger partial charge in [0.1, 0.15) is 0 Å². The highest BCUT2D eigenvalue weighted by Gasteiger charge is 2.14. The zero-order chi connectivity index (χ0) is 14.5. The molecule has 1 heterocycles. The van der Waals surface area contributed by atoms with Gasteiger partial charge in [-0.15, -0.1) is 0 Å². The van der Waals surface area contributed by atoms with Crippen LogP contribution in [0.25, 0.3) is 0 Å². The van der Waals surface area contributed by atoms with Crippen LogP contribution >= 0.6 is 0 Å². The van der Waals surface area contributed by atoms with Crippen LogP contribution in [-0.2, 0) is 18.9 Å². The molecule has 5 nitrogen and oxygen atoms in total. The summed E-state index contributed by atoms with van der Waals surface area (Å²) in [4.78, 5) is 2.49. The van der Waals surface area contributed by atoms with E-state index in [0.29, 0.717) is 39.6 Å². The highest BCUT2D eigenvalue weighted by molar-refractivity contribution is 4.68. The molecule has 1 rings (SSSR count). The molecule has 0 N–H and O–H groups in total. The number of methoxy groups -OCH3 is 1. The van der Waals surface area contributed by atoms with E-state index in [4.69, 9.17) is 18.9 Å². The second-order valence-electron chi connectivity index (χ2n) is 5.35. The summed E-state index contributed by atoms with van der Waals surface area (Å²) >= 11 is 0. The van der Waals surface area contributed by atoms with Crippen molar-refractivity contribution in [1.82, 2.24) is 4.90 Å². The molecule has 0 unspecified atom stereocenters. The zero-order valence-corrected chi connectivity index (χ0v) is 13.1. The molecule has 0 amide bonds. The van der Waals surface area contributed by atoms with Crippen LogP contribution in [-0.4, -0.2) is 77.9 Å². The molecule has 0 saturated carbocycles. The monoisotopic (exact) mass is 289 g/mol. The summed E-state index contributed by atoms with van der Waals surface area (Å²) in [6.45, 7) is 10.5. The summed E-state index contributed by atoms with van der Waals surface area (Å²) < 4.78 is 21.2. The number of piperidine rings is 1. The first-order valence-corrected chi connectivity index (χ1v) is 7.77. The Balaban J connectivity index is 1.74. The molecule has 0 spiro atoms.